The molecule has 2 aromatic rings. The summed E-state index contributed by atoms with van der Waals surface area (Å²) in [7, 11) is 3.01. The van der Waals surface area contributed by atoms with Crippen LogP contribution in [0.15, 0.2) is 42.5 Å². The third kappa shape index (κ3) is 5.12. The van der Waals surface area contributed by atoms with Gasteiger partial charge in [-0.25, -0.2) is 4.79 Å². The van der Waals surface area contributed by atoms with E-state index in [0.29, 0.717) is 41.7 Å². The molecule has 0 aromatic heterocycles. The predicted octanol–water partition coefficient (Wildman–Crippen LogP) is 4.24. The zero-order valence-corrected chi connectivity index (χ0v) is 17.2. The number of rotatable bonds is 5. The molecule has 2 N–H and O–H groups in total. The highest BCUT2D eigenvalue weighted by Crippen LogP contribution is 2.36. The molecule has 1 aliphatic rings. The number of hydrogen-bond donors (Lipinski definition) is 2. The number of nitrogens with one attached hydrogen (secondary N) is 2. The second-order valence-electron chi connectivity index (χ2n) is 6.76. The first-order valence-electron chi connectivity index (χ1n) is 9.35. The molecule has 3 amide bonds. The molecule has 1 atom stereocenters. The van der Waals surface area contributed by atoms with Crippen LogP contribution < -0.4 is 20.1 Å². The third-order valence-corrected chi connectivity index (χ3v) is 5.13. The average Bonchev–Trinajstić information content (AvgIpc) is 2.75. The number of urea groups is 1. The monoisotopic (exact) mass is 417 g/mol. The molecule has 154 valence electrons. The van der Waals surface area contributed by atoms with Crippen LogP contribution >= 0.6 is 11.6 Å². The highest BCUT2D eigenvalue weighted by molar-refractivity contribution is 6.32. The largest absolute Gasteiger partial charge is 0.495 e. The third-order valence-electron chi connectivity index (χ3n) is 4.84. The van der Waals surface area contributed by atoms with Crippen molar-refractivity contribution in [1.82, 2.24) is 4.90 Å². The molecule has 0 saturated carbocycles. The Morgan fingerprint density at radius 3 is 2.48 bits per heavy atom. The van der Waals surface area contributed by atoms with E-state index in [1.807, 2.05) is 30.3 Å². The van der Waals surface area contributed by atoms with Crippen LogP contribution in [-0.2, 0) is 4.79 Å². The number of carbonyl (C=O) groups excluding carboxylic acids is 2. The maximum Gasteiger partial charge on any atom is 0.321 e. The Labute approximate surface area is 174 Å². The molecule has 0 radical (unpaired) electrons. The number of nitrogens with zero attached hydrogens (tertiary/aromatic N) is 1. The van der Waals surface area contributed by atoms with Crippen LogP contribution in [0.4, 0.5) is 16.2 Å². The summed E-state index contributed by atoms with van der Waals surface area (Å²) in [5.74, 6) is 0.385. The molecular formula is C21H24ClN3O4. The highest BCUT2D eigenvalue weighted by Gasteiger charge is 2.29. The number of para-hydroxylation sites is 1. The first-order chi connectivity index (χ1) is 14.0. The Kier molecular flexibility index (Phi) is 6.82. The minimum atomic E-state index is -0.323. The molecule has 3 rings (SSSR count). The van der Waals surface area contributed by atoms with E-state index in [0.717, 1.165) is 12.1 Å². The van der Waals surface area contributed by atoms with E-state index in [1.54, 1.807) is 17.0 Å². The number of anilines is 2. The predicted molar refractivity (Wildman–Crippen MR) is 113 cm³/mol. The smallest absolute Gasteiger partial charge is 0.321 e. The van der Waals surface area contributed by atoms with Crippen molar-refractivity contribution < 1.29 is 19.1 Å². The van der Waals surface area contributed by atoms with Crippen molar-refractivity contribution in [3.05, 3.63) is 47.5 Å². The fraction of sp³-hybridized carbons (Fsp3) is 0.333. The lowest BCUT2D eigenvalue weighted by molar-refractivity contribution is -0.121. The molecular weight excluding hydrogens is 394 g/mol. The van der Waals surface area contributed by atoms with Crippen LogP contribution in [0.3, 0.4) is 0 Å². The molecule has 1 aliphatic heterocycles. The van der Waals surface area contributed by atoms with Crippen molar-refractivity contribution in [2.45, 2.75) is 12.8 Å². The van der Waals surface area contributed by atoms with Gasteiger partial charge in [-0.15, -0.1) is 0 Å². The summed E-state index contributed by atoms with van der Waals surface area (Å²) < 4.78 is 10.5. The van der Waals surface area contributed by atoms with Crippen LogP contribution in [0.2, 0.25) is 5.02 Å². The Morgan fingerprint density at radius 1 is 1.07 bits per heavy atom. The number of benzene rings is 2. The minimum absolute atomic E-state index is 0.176. The molecule has 29 heavy (non-hydrogen) atoms. The van der Waals surface area contributed by atoms with Crippen LogP contribution in [0.25, 0.3) is 0 Å². The zero-order valence-electron chi connectivity index (χ0n) is 16.4. The lowest BCUT2D eigenvalue weighted by atomic mass is 9.97. The standard InChI is InChI=1S/C21H24ClN3O4/c1-28-18-12-17(19(29-2)11-16(18)22)24-20(26)14-7-6-10-25(13-14)21(27)23-15-8-4-3-5-9-15/h3-5,8-9,11-12,14H,6-7,10,13H2,1-2H3,(H,23,27)(H,24,26)/t14-/m1/s1. The number of halogens is 1. The highest BCUT2D eigenvalue weighted by atomic mass is 35.5. The number of amides is 3. The summed E-state index contributed by atoms with van der Waals surface area (Å²) in [6, 6.07) is 12.3. The maximum atomic E-state index is 12.8. The van der Waals surface area contributed by atoms with E-state index < -0.39 is 0 Å². The molecule has 0 unspecified atom stereocenters. The van der Waals surface area contributed by atoms with E-state index in [2.05, 4.69) is 10.6 Å². The summed E-state index contributed by atoms with van der Waals surface area (Å²) in [4.78, 5) is 27.1. The van der Waals surface area contributed by atoms with Gasteiger partial charge in [0.15, 0.2) is 0 Å². The number of methoxy groups -OCH3 is 2. The van der Waals surface area contributed by atoms with E-state index in [-0.39, 0.29) is 17.9 Å². The number of carbonyl (C=O) groups is 2. The molecule has 0 bridgehead atoms. The van der Waals surface area contributed by atoms with E-state index in [4.69, 9.17) is 21.1 Å². The first kappa shape index (κ1) is 20.8. The summed E-state index contributed by atoms with van der Waals surface area (Å²) in [6.07, 6.45) is 1.45. The molecule has 8 heteroatoms. The van der Waals surface area contributed by atoms with Crippen LogP contribution in [-0.4, -0.2) is 44.1 Å². The van der Waals surface area contributed by atoms with E-state index >= 15 is 0 Å². The number of piperidine rings is 1. The van der Waals surface area contributed by atoms with Crippen molar-refractivity contribution >= 4 is 34.9 Å². The van der Waals surface area contributed by atoms with Gasteiger partial charge in [-0.05, 0) is 25.0 Å². The van der Waals surface area contributed by atoms with Gasteiger partial charge in [0.1, 0.15) is 11.5 Å². The summed E-state index contributed by atoms with van der Waals surface area (Å²) in [6.45, 7) is 0.956. The Hall–Kier alpha value is -2.93. The molecule has 1 saturated heterocycles. The second kappa shape index (κ2) is 9.52. The lowest BCUT2D eigenvalue weighted by Gasteiger charge is -2.32. The summed E-state index contributed by atoms with van der Waals surface area (Å²) in [5.41, 5.74) is 1.20. The topological polar surface area (TPSA) is 79.9 Å². The summed E-state index contributed by atoms with van der Waals surface area (Å²) in [5, 5.41) is 6.14. The van der Waals surface area contributed by atoms with E-state index in [1.165, 1.54) is 14.2 Å². The van der Waals surface area contributed by atoms with Crippen LogP contribution in [0, 0.1) is 5.92 Å². The fourth-order valence-electron chi connectivity index (χ4n) is 3.29. The van der Waals surface area contributed by atoms with Gasteiger partial charge in [0.05, 0.1) is 30.8 Å². The van der Waals surface area contributed by atoms with Gasteiger partial charge in [0.25, 0.3) is 0 Å². The van der Waals surface area contributed by atoms with Gasteiger partial charge in [0, 0.05) is 30.9 Å². The van der Waals surface area contributed by atoms with Gasteiger partial charge in [-0.2, -0.15) is 0 Å². The quantitative estimate of drug-likeness (QED) is 0.762. The van der Waals surface area contributed by atoms with Crippen molar-refractivity contribution in [3.63, 3.8) is 0 Å². The molecule has 2 aromatic carbocycles. The van der Waals surface area contributed by atoms with Gasteiger partial charge in [0.2, 0.25) is 5.91 Å². The van der Waals surface area contributed by atoms with Crippen LogP contribution in [0.1, 0.15) is 12.8 Å². The molecule has 0 aliphatic carbocycles. The van der Waals surface area contributed by atoms with Crippen molar-refractivity contribution in [1.29, 1.82) is 0 Å². The van der Waals surface area contributed by atoms with Gasteiger partial charge in [-0.1, -0.05) is 29.8 Å². The van der Waals surface area contributed by atoms with Crippen molar-refractivity contribution in [3.8, 4) is 11.5 Å². The van der Waals surface area contributed by atoms with Crippen molar-refractivity contribution in [2.75, 3.05) is 37.9 Å². The normalized spacial score (nSPS) is 16.1. The number of likely N-dealkylation sites (tertiary alicyclic amines) is 1. The Bertz CT molecular complexity index is 876. The van der Waals surface area contributed by atoms with E-state index in [9.17, 15) is 9.59 Å². The SMILES string of the molecule is COc1cc(NC(=O)[C@@H]2CCCN(C(=O)Nc3ccccc3)C2)c(OC)cc1Cl. The molecule has 1 heterocycles. The zero-order chi connectivity index (χ0) is 20.8. The Balaban J connectivity index is 1.66. The molecule has 7 nitrogen and oxygen atoms in total. The van der Waals surface area contributed by atoms with Gasteiger partial charge in [-0.3, -0.25) is 4.79 Å². The molecule has 1 fully saturated rings. The van der Waals surface area contributed by atoms with Gasteiger partial charge >= 0.3 is 6.03 Å². The maximum absolute atomic E-state index is 12.8. The van der Waals surface area contributed by atoms with Gasteiger partial charge < -0.3 is 25.0 Å². The number of hydrogen-bond acceptors (Lipinski definition) is 4. The Morgan fingerprint density at radius 2 is 1.79 bits per heavy atom. The first-order valence-corrected chi connectivity index (χ1v) is 9.73. The lowest BCUT2D eigenvalue weighted by Crippen LogP contribution is -2.45. The average molecular weight is 418 g/mol. The molecule has 0 spiro atoms. The second-order valence-corrected chi connectivity index (χ2v) is 7.16. The van der Waals surface area contributed by atoms with Crippen molar-refractivity contribution in [2.24, 2.45) is 5.92 Å². The number of ether oxygens (including phenoxy) is 2. The summed E-state index contributed by atoms with van der Waals surface area (Å²) >= 11 is 6.12. The minimum Gasteiger partial charge on any atom is -0.495 e. The van der Waals surface area contributed by atoms with Crippen LogP contribution in [0.5, 0.6) is 11.5 Å². The fourth-order valence-corrected chi connectivity index (χ4v) is 3.52.